The maximum Gasteiger partial charge on any atom is 0.0625 e. The van der Waals surface area contributed by atoms with Gasteiger partial charge in [0.25, 0.3) is 0 Å². The second-order valence-electron chi connectivity index (χ2n) is 3.22. The van der Waals surface area contributed by atoms with E-state index in [0.717, 1.165) is 12.8 Å². The fourth-order valence-corrected chi connectivity index (χ4v) is 1.69. The number of rotatable bonds is 3. The lowest BCUT2D eigenvalue weighted by Crippen LogP contribution is -1.95. The maximum atomic E-state index is 8.51. The van der Waals surface area contributed by atoms with Crippen molar-refractivity contribution >= 4 is 0 Å². The Morgan fingerprint density at radius 2 is 2.15 bits per heavy atom. The standard InChI is InChI=1S/C12H15N/c1-3-12-10(2)6-4-7-11(12)8-5-9-13/h4,6-7H,3,5,8H2,1-2H3. The molecule has 0 heterocycles. The lowest BCUT2D eigenvalue weighted by molar-refractivity contribution is 0.958. The van der Waals surface area contributed by atoms with E-state index in [-0.39, 0.29) is 0 Å². The van der Waals surface area contributed by atoms with Crippen LogP contribution in [0.25, 0.3) is 0 Å². The van der Waals surface area contributed by atoms with Gasteiger partial charge in [0.15, 0.2) is 0 Å². The van der Waals surface area contributed by atoms with E-state index in [2.05, 4.69) is 38.1 Å². The molecule has 1 aromatic rings. The predicted octanol–water partition coefficient (Wildman–Crippen LogP) is 3.01. The summed E-state index contributed by atoms with van der Waals surface area (Å²) in [5.74, 6) is 0. The number of benzene rings is 1. The van der Waals surface area contributed by atoms with Crippen molar-refractivity contribution in [3.63, 3.8) is 0 Å². The average molecular weight is 173 g/mol. The van der Waals surface area contributed by atoms with E-state index in [9.17, 15) is 0 Å². The van der Waals surface area contributed by atoms with Gasteiger partial charge < -0.3 is 0 Å². The summed E-state index contributed by atoms with van der Waals surface area (Å²) >= 11 is 0. The molecule has 0 fully saturated rings. The molecule has 13 heavy (non-hydrogen) atoms. The van der Waals surface area contributed by atoms with E-state index in [0.29, 0.717) is 6.42 Å². The highest BCUT2D eigenvalue weighted by molar-refractivity contribution is 5.34. The van der Waals surface area contributed by atoms with Crippen LogP contribution in [0.3, 0.4) is 0 Å². The van der Waals surface area contributed by atoms with Gasteiger partial charge in [-0.25, -0.2) is 0 Å². The van der Waals surface area contributed by atoms with Crippen LogP contribution < -0.4 is 0 Å². The van der Waals surface area contributed by atoms with Crippen molar-refractivity contribution in [2.24, 2.45) is 0 Å². The third-order valence-corrected chi connectivity index (χ3v) is 2.37. The van der Waals surface area contributed by atoms with Crippen molar-refractivity contribution in [1.29, 1.82) is 5.26 Å². The van der Waals surface area contributed by atoms with Crippen LogP contribution >= 0.6 is 0 Å². The Balaban J connectivity index is 2.93. The molecule has 0 unspecified atom stereocenters. The average Bonchev–Trinajstić information content (AvgIpc) is 2.15. The van der Waals surface area contributed by atoms with Crippen molar-refractivity contribution in [2.45, 2.75) is 33.1 Å². The molecule has 1 rings (SSSR count). The van der Waals surface area contributed by atoms with E-state index >= 15 is 0 Å². The van der Waals surface area contributed by atoms with Crippen LogP contribution in [0.2, 0.25) is 0 Å². The molecule has 0 radical (unpaired) electrons. The molecule has 1 nitrogen and oxygen atoms in total. The summed E-state index contributed by atoms with van der Waals surface area (Å²) in [5, 5.41) is 8.51. The zero-order valence-corrected chi connectivity index (χ0v) is 8.30. The molecule has 0 aliphatic rings. The zero-order chi connectivity index (χ0) is 9.68. The minimum Gasteiger partial charge on any atom is -0.198 e. The van der Waals surface area contributed by atoms with E-state index in [1.54, 1.807) is 0 Å². The SMILES string of the molecule is CCc1c(C)cccc1CCC#N. The van der Waals surface area contributed by atoms with Crippen molar-refractivity contribution in [3.8, 4) is 6.07 Å². The van der Waals surface area contributed by atoms with Gasteiger partial charge in [-0.05, 0) is 36.5 Å². The van der Waals surface area contributed by atoms with E-state index in [1.165, 1.54) is 16.7 Å². The maximum absolute atomic E-state index is 8.51. The number of nitriles is 1. The first kappa shape index (κ1) is 9.80. The van der Waals surface area contributed by atoms with Crippen LogP contribution in [0.4, 0.5) is 0 Å². The highest BCUT2D eigenvalue weighted by atomic mass is 14.2. The quantitative estimate of drug-likeness (QED) is 0.689. The van der Waals surface area contributed by atoms with Crippen LogP contribution in [-0.2, 0) is 12.8 Å². The van der Waals surface area contributed by atoms with E-state index < -0.39 is 0 Å². The molecule has 0 N–H and O–H groups in total. The summed E-state index contributed by atoms with van der Waals surface area (Å²) < 4.78 is 0. The van der Waals surface area contributed by atoms with Crippen LogP contribution in [0.15, 0.2) is 18.2 Å². The number of hydrogen-bond acceptors (Lipinski definition) is 1. The Morgan fingerprint density at radius 1 is 1.38 bits per heavy atom. The Morgan fingerprint density at radius 3 is 2.77 bits per heavy atom. The fourth-order valence-electron chi connectivity index (χ4n) is 1.69. The second-order valence-corrected chi connectivity index (χ2v) is 3.22. The van der Waals surface area contributed by atoms with Gasteiger partial charge in [-0.3, -0.25) is 0 Å². The third-order valence-electron chi connectivity index (χ3n) is 2.37. The first-order valence-electron chi connectivity index (χ1n) is 4.74. The largest absolute Gasteiger partial charge is 0.198 e. The molecule has 0 aromatic heterocycles. The topological polar surface area (TPSA) is 23.8 Å². The van der Waals surface area contributed by atoms with Gasteiger partial charge >= 0.3 is 0 Å². The molecule has 0 aliphatic carbocycles. The molecule has 1 heteroatoms. The van der Waals surface area contributed by atoms with Gasteiger partial charge in [0, 0.05) is 6.42 Å². The van der Waals surface area contributed by atoms with Crippen molar-refractivity contribution in [3.05, 3.63) is 34.9 Å². The van der Waals surface area contributed by atoms with E-state index in [4.69, 9.17) is 5.26 Å². The smallest absolute Gasteiger partial charge is 0.0625 e. The summed E-state index contributed by atoms with van der Waals surface area (Å²) in [5.41, 5.74) is 4.10. The van der Waals surface area contributed by atoms with Crippen LogP contribution in [-0.4, -0.2) is 0 Å². The Bertz CT molecular complexity index is 320. The molecule has 0 amide bonds. The highest BCUT2D eigenvalue weighted by Crippen LogP contribution is 2.16. The Labute approximate surface area is 80.0 Å². The lowest BCUT2D eigenvalue weighted by Gasteiger charge is -2.08. The number of aryl methyl sites for hydroxylation is 2. The Kier molecular flexibility index (Phi) is 3.52. The van der Waals surface area contributed by atoms with Crippen molar-refractivity contribution in [1.82, 2.24) is 0 Å². The first-order valence-corrected chi connectivity index (χ1v) is 4.74. The molecule has 0 atom stereocenters. The van der Waals surface area contributed by atoms with Gasteiger partial charge in [-0.15, -0.1) is 0 Å². The summed E-state index contributed by atoms with van der Waals surface area (Å²) in [6, 6.07) is 8.52. The Hall–Kier alpha value is -1.29. The number of hydrogen-bond donors (Lipinski definition) is 0. The molecule has 68 valence electrons. The first-order chi connectivity index (χ1) is 6.29. The van der Waals surface area contributed by atoms with E-state index in [1.807, 2.05) is 0 Å². The van der Waals surface area contributed by atoms with Gasteiger partial charge in [0.05, 0.1) is 6.07 Å². The molecule has 0 saturated heterocycles. The summed E-state index contributed by atoms with van der Waals surface area (Å²) in [7, 11) is 0. The molecular formula is C12H15N. The molecule has 0 aliphatic heterocycles. The van der Waals surface area contributed by atoms with Crippen molar-refractivity contribution in [2.75, 3.05) is 0 Å². The van der Waals surface area contributed by atoms with Gasteiger partial charge in [-0.1, -0.05) is 25.1 Å². The van der Waals surface area contributed by atoms with Gasteiger partial charge in [-0.2, -0.15) is 5.26 Å². The minimum absolute atomic E-state index is 0.621. The van der Waals surface area contributed by atoms with Crippen LogP contribution in [0.1, 0.15) is 30.0 Å². The van der Waals surface area contributed by atoms with Crippen LogP contribution in [0.5, 0.6) is 0 Å². The summed E-state index contributed by atoms with van der Waals surface area (Å²) in [4.78, 5) is 0. The molecule has 0 saturated carbocycles. The third kappa shape index (κ3) is 2.32. The van der Waals surface area contributed by atoms with Gasteiger partial charge in [0.1, 0.15) is 0 Å². The fraction of sp³-hybridized carbons (Fsp3) is 0.417. The predicted molar refractivity (Wildman–Crippen MR) is 54.5 cm³/mol. The van der Waals surface area contributed by atoms with Gasteiger partial charge in [0.2, 0.25) is 0 Å². The second kappa shape index (κ2) is 4.67. The highest BCUT2D eigenvalue weighted by Gasteiger charge is 2.02. The van der Waals surface area contributed by atoms with Crippen molar-refractivity contribution < 1.29 is 0 Å². The monoisotopic (exact) mass is 173 g/mol. The molecule has 0 spiro atoms. The summed E-state index contributed by atoms with van der Waals surface area (Å²) in [6.07, 6.45) is 2.57. The molecular weight excluding hydrogens is 158 g/mol. The summed E-state index contributed by atoms with van der Waals surface area (Å²) in [6.45, 7) is 4.30. The number of nitrogens with zero attached hydrogens (tertiary/aromatic N) is 1. The molecule has 0 bridgehead atoms. The molecule has 1 aromatic carbocycles. The zero-order valence-electron chi connectivity index (χ0n) is 8.30. The van der Waals surface area contributed by atoms with Crippen LogP contribution in [0, 0.1) is 18.3 Å². The normalized spacial score (nSPS) is 9.62. The lowest BCUT2D eigenvalue weighted by atomic mass is 9.97. The minimum atomic E-state index is 0.621.